The fourth-order valence-electron chi connectivity index (χ4n) is 2.64. The first-order valence-corrected chi connectivity index (χ1v) is 7.10. The van der Waals surface area contributed by atoms with E-state index in [1.807, 2.05) is 31.7 Å². The molecule has 1 aromatic carbocycles. The number of halogens is 1. The molecular weight excluding hydrogens is 241 g/mol. The maximum atomic E-state index is 14.0. The zero-order chi connectivity index (χ0) is 14.0. The van der Waals surface area contributed by atoms with Crippen molar-refractivity contribution in [3.05, 3.63) is 34.6 Å². The quantitative estimate of drug-likeness (QED) is 0.793. The Hall–Kier alpha value is -1.38. The van der Waals surface area contributed by atoms with Gasteiger partial charge in [-0.05, 0) is 49.3 Å². The van der Waals surface area contributed by atoms with Gasteiger partial charge >= 0.3 is 0 Å². The molecular formula is C16H22FNO. The molecule has 1 aliphatic rings. The van der Waals surface area contributed by atoms with Crippen molar-refractivity contribution in [1.29, 1.82) is 0 Å². The first-order valence-electron chi connectivity index (χ1n) is 7.10. The molecule has 1 aromatic rings. The highest BCUT2D eigenvalue weighted by atomic mass is 19.1. The lowest BCUT2D eigenvalue weighted by molar-refractivity contribution is 0.0723. The van der Waals surface area contributed by atoms with Crippen LogP contribution in [-0.2, 0) is 0 Å². The molecule has 2 nitrogen and oxygen atoms in total. The van der Waals surface area contributed by atoms with Crippen LogP contribution < -0.4 is 0 Å². The van der Waals surface area contributed by atoms with Crippen molar-refractivity contribution in [2.24, 2.45) is 0 Å². The second-order valence-electron chi connectivity index (χ2n) is 5.70. The number of rotatable bonds is 2. The molecule has 0 saturated carbocycles. The Morgan fingerprint density at radius 3 is 2.42 bits per heavy atom. The fraction of sp³-hybridized carbons (Fsp3) is 0.562. The summed E-state index contributed by atoms with van der Waals surface area (Å²) >= 11 is 0. The Morgan fingerprint density at radius 2 is 1.84 bits per heavy atom. The lowest BCUT2D eigenvalue weighted by Gasteiger charge is -2.27. The Bertz CT molecular complexity index is 476. The number of nitrogens with zero attached hydrogens (tertiary/aromatic N) is 1. The van der Waals surface area contributed by atoms with Crippen molar-refractivity contribution in [3.8, 4) is 0 Å². The number of aryl methyl sites for hydroxylation is 1. The van der Waals surface area contributed by atoms with Crippen LogP contribution >= 0.6 is 0 Å². The number of piperidine rings is 1. The van der Waals surface area contributed by atoms with Crippen LogP contribution in [0.25, 0.3) is 0 Å². The second kappa shape index (κ2) is 5.72. The largest absolute Gasteiger partial charge is 0.339 e. The fourth-order valence-corrected chi connectivity index (χ4v) is 2.64. The Kier molecular flexibility index (Phi) is 4.23. The lowest BCUT2D eigenvalue weighted by atomic mass is 9.96. The van der Waals surface area contributed by atoms with Crippen LogP contribution in [0.4, 0.5) is 4.39 Å². The number of carbonyl (C=O) groups is 1. The van der Waals surface area contributed by atoms with E-state index in [0.717, 1.165) is 31.5 Å². The van der Waals surface area contributed by atoms with Gasteiger partial charge in [-0.15, -0.1) is 0 Å². The van der Waals surface area contributed by atoms with Crippen molar-refractivity contribution in [2.75, 3.05) is 13.1 Å². The van der Waals surface area contributed by atoms with E-state index in [0.29, 0.717) is 11.1 Å². The van der Waals surface area contributed by atoms with Gasteiger partial charge in [0.2, 0.25) is 0 Å². The molecule has 0 aromatic heterocycles. The molecule has 0 unspecified atom stereocenters. The van der Waals surface area contributed by atoms with Crippen molar-refractivity contribution in [3.63, 3.8) is 0 Å². The highest BCUT2D eigenvalue weighted by Gasteiger charge is 2.21. The van der Waals surface area contributed by atoms with Gasteiger partial charge in [0, 0.05) is 18.7 Å². The minimum atomic E-state index is -0.263. The van der Waals surface area contributed by atoms with E-state index in [2.05, 4.69) is 0 Å². The highest BCUT2D eigenvalue weighted by molar-refractivity contribution is 5.95. The molecule has 1 aliphatic heterocycles. The van der Waals surface area contributed by atoms with Gasteiger partial charge in [0.25, 0.3) is 5.91 Å². The van der Waals surface area contributed by atoms with Gasteiger partial charge in [0.05, 0.1) is 0 Å². The summed E-state index contributed by atoms with van der Waals surface area (Å²) in [5, 5.41) is 0. The van der Waals surface area contributed by atoms with Crippen molar-refractivity contribution >= 4 is 5.91 Å². The molecule has 0 radical (unpaired) electrons. The summed E-state index contributed by atoms with van der Waals surface area (Å²) in [4.78, 5) is 14.3. The molecule has 3 heteroatoms. The number of amides is 1. The second-order valence-corrected chi connectivity index (χ2v) is 5.70. The third kappa shape index (κ3) is 2.96. The number of carbonyl (C=O) groups excluding carboxylic acids is 1. The van der Waals surface area contributed by atoms with Crippen LogP contribution in [0.3, 0.4) is 0 Å². The molecule has 104 valence electrons. The third-order valence-corrected chi connectivity index (χ3v) is 3.84. The first kappa shape index (κ1) is 14.0. The van der Waals surface area contributed by atoms with Gasteiger partial charge in [-0.3, -0.25) is 4.79 Å². The summed E-state index contributed by atoms with van der Waals surface area (Å²) < 4.78 is 14.0. The Labute approximate surface area is 114 Å². The monoisotopic (exact) mass is 263 g/mol. The first-order chi connectivity index (χ1) is 9.00. The summed E-state index contributed by atoms with van der Waals surface area (Å²) in [5.41, 5.74) is 2.08. The van der Waals surface area contributed by atoms with Gasteiger partial charge in [-0.2, -0.15) is 0 Å². The van der Waals surface area contributed by atoms with Crippen LogP contribution in [-0.4, -0.2) is 23.9 Å². The number of hydrogen-bond donors (Lipinski definition) is 0. The minimum absolute atomic E-state index is 0.0218. The number of hydrogen-bond acceptors (Lipinski definition) is 1. The molecule has 0 bridgehead atoms. The van der Waals surface area contributed by atoms with Crippen LogP contribution in [0.5, 0.6) is 0 Å². The van der Waals surface area contributed by atoms with Crippen LogP contribution in [0, 0.1) is 12.7 Å². The van der Waals surface area contributed by atoms with E-state index >= 15 is 0 Å². The number of benzene rings is 1. The smallest absolute Gasteiger partial charge is 0.254 e. The SMILES string of the molecule is Cc1cc(C(C)C)c(F)cc1C(=O)N1CCCCC1. The maximum Gasteiger partial charge on any atom is 0.254 e. The van der Waals surface area contributed by atoms with E-state index in [9.17, 15) is 9.18 Å². The molecule has 0 N–H and O–H groups in total. The molecule has 2 rings (SSSR count). The van der Waals surface area contributed by atoms with E-state index in [1.165, 1.54) is 12.5 Å². The van der Waals surface area contributed by atoms with Gasteiger partial charge in [0.15, 0.2) is 0 Å². The van der Waals surface area contributed by atoms with Crippen LogP contribution in [0.2, 0.25) is 0 Å². The summed E-state index contributed by atoms with van der Waals surface area (Å²) in [5.74, 6) is -0.148. The average Bonchev–Trinajstić information content (AvgIpc) is 2.41. The normalized spacial score (nSPS) is 15.9. The van der Waals surface area contributed by atoms with Gasteiger partial charge < -0.3 is 4.90 Å². The standard InChI is InChI=1S/C16H22FNO/c1-11(2)13-9-12(3)14(10-15(13)17)16(19)18-7-5-4-6-8-18/h9-11H,4-8H2,1-3H3. The molecule has 0 spiro atoms. The zero-order valence-corrected chi connectivity index (χ0v) is 12.0. The van der Waals surface area contributed by atoms with E-state index < -0.39 is 0 Å². The molecule has 0 atom stereocenters. The summed E-state index contributed by atoms with van der Waals surface area (Å²) in [7, 11) is 0. The average molecular weight is 263 g/mol. The molecule has 1 heterocycles. The Balaban J connectivity index is 2.29. The summed E-state index contributed by atoms with van der Waals surface area (Å²) in [6.45, 7) is 7.41. The summed E-state index contributed by atoms with van der Waals surface area (Å²) in [6, 6.07) is 3.23. The topological polar surface area (TPSA) is 20.3 Å². The minimum Gasteiger partial charge on any atom is -0.339 e. The van der Waals surface area contributed by atoms with Gasteiger partial charge in [-0.1, -0.05) is 19.9 Å². The molecule has 0 aliphatic carbocycles. The van der Waals surface area contributed by atoms with Crippen molar-refractivity contribution in [2.45, 2.75) is 46.0 Å². The van der Waals surface area contributed by atoms with E-state index in [1.54, 1.807) is 0 Å². The number of likely N-dealkylation sites (tertiary alicyclic amines) is 1. The third-order valence-electron chi connectivity index (χ3n) is 3.84. The highest BCUT2D eigenvalue weighted by Crippen LogP contribution is 2.24. The predicted molar refractivity (Wildman–Crippen MR) is 75.0 cm³/mol. The van der Waals surface area contributed by atoms with Crippen molar-refractivity contribution in [1.82, 2.24) is 4.90 Å². The van der Waals surface area contributed by atoms with E-state index in [4.69, 9.17) is 0 Å². The van der Waals surface area contributed by atoms with Crippen LogP contribution in [0.15, 0.2) is 12.1 Å². The molecule has 1 fully saturated rings. The molecule has 19 heavy (non-hydrogen) atoms. The maximum absolute atomic E-state index is 14.0. The van der Waals surface area contributed by atoms with Crippen molar-refractivity contribution < 1.29 is 9.18 Å². The van der Waals surface area contributed by atoms with Crippen LogP contribution in [0.1, 0.15) is 60.5 Å². The molecule has 1 amide bonds. The Morgan fingerprint density at radius 1 is 1.21 bits per heavy atom. The predicted octanol–water partition coefficient (Wildman–Crippen LogP) is 3.88. The van der Waals surface area contributed by atoms with Gasteiger partial charge in [-0.25, -0.2) is 4.39 Å². The molecule has 1 saturated heterocycles. The zero-order valence-electron chi connectivity index (χ0n) is 12.0. The van der Waals surface area contributed by atoms with Gasteiger partial charge in [0.1, 0.15) is 5.82 Å². The summed E-state index contributed by atoms with van der Waals surface area (Å²) in [6.07, 6.45) is 3.29. The lowest BCUT2D eigenvalue weighted by Crippen LogP contribution is -2.36. The van der Waals surface area contributed by atoms with E-state index in [-0.39, 0.29) is 17.6 Å².